The van der Waals surface area contributed by atoms with Crippen LogP contribution in [0.3, 0.4) is 0 Å². The number of ether oxygens (including phenoxy) is 1. The number of hydrogen-bond acceptors (Lipinski definition) is 2. The minimum atomic E-state index is -0.0431. The van der Waals surface area contributed by atoms with Crippen molar-refractivity contribution in [2.75, 3.05) is 13.2 Å². The van der Waals surface area contributed by atoms with Crippen LogP contribution >= 0.6 is 0 Å². The lowest BCUT2D eigenvalue weighted by Crippen LogP contribution is -2.25. The topological polar surface area (TPSA) is 38.3 Å². The highest BCUT2D eigenvalue weighted by Crippen LogP contribution is 2.13. The minimum Gasteiger partial charge on any atom is -0.494 e. The van der Waals surface area contributed by atoms with Crippen molar-refractivity contribution in [2.45, 2.75) is 32.6 Å². The first-order valence-electron chi connectivity index (χ1n) is 8.34. The molecule has 0 spiro atoms. The van der Waals surface area contributed by atoms with Gasteiger partial charge in [-0.05, 0) is 42.7 Å². The van der Waals surface area contributed by atoms with Gasteiger partial charge in [0.2, 0.25) is 0 Å². The second kappa shape index (κ2) is 9.67. The molecule has 0 aliphatic rings. The number of carbonyl (C=O) groups excluding carboxylic acids is 1. The summed E-state index contributed by atoms with van der Waals surface area (Å²) in [5.74, 6) is 0.778. The average molecular weight is 311 g/mol. The van der Waals surface area contributed by atoms with Crippen LogP contribution in [0, 0.1) is 0 Å². The summed E-state index contributed by atoms with van der Waals surface area (Å²) in [6.07, 6.45) is 4.27. The molecule has 1 N–H and O–H groups in total. The lowest BCUT2D eigenvalue weighted by Gasteiger charge is -2.08. The maximum Gasteiger partial charge on any atom is 0.251 e. The fourth-order valence-corrected chi connectivity index (χ4v) is 2.31. The van der Waals surface area contributed by atoms with Crippen molar-refractivity contribution in [3.8, 4) is 5.75 Å². The van der Waals surface area contributed by atoms with Crippen LogP contribution in [0.25, 0.3) is 0 Å². The molecule has 0 aliphatic carbocycles. The molecule has 0 bridgehead atoms. The van der Waals surface area contributed by atoms with Gasteiger partial charge in [-0.15, -0.1) is 0 Å². The van der Waals surface area contributed by atoms with E-state index in [4.69, 9.17) is 4.74 Å². The number of unbranched alkanes of at least 4 members (excludes halogenated alkanes) is 2. The maximum absolute atomic E-state index is 12.1. The first-order valence-corrected chi connectivity index (χ1v) is 8.34. The summed E-state index contributed by atoms with van der Waals surface area (Å²) in [7, 11) is 0. The summed E-state index contributed by atoms with van der Waals surface area (Å²) in [5, 5.41) is 2.95. The summed E-state index contributed by atoms with van der Waals surface area (Å²) in [6, 6.07) is 17.5. The lowest BCUT2D eigenvalue weighted by atomic mass is 10.1. The van der Waals surface area contributed by atoms with Crippen LogP contribution in [0.2, 0.25) is 0 Å². The van der Waals surface area contributed by atoms with E-state index in [2.05, 4.69) is 24.4 Å². The highest BCUT2D eigenvalue weighted by molar-refractivity contribution is 5.94. The van der Waals surface area contributed by atoms with Gasteiger partial charge >= 0.3 is 0 Å². The molecular weight excluding hydrogens is 286 g/mol. The van der Waals surface area contributed by atoms with E-state index >= 15 is 0 Å². The summed E-state index contributed by atoms with van der Waals surface area (Å²) in [5.41, 5.74) is 1.89. The van der Waals surface area contributed by atoms with Crippen molar-refractivity contribution < 1.29 is 9.53 Å². The Hall–Kier alpha value is -2.29. The van der Waals surface area contributed by atoms with E-state index in [-0.39, 0.29) is 5.91 Å². The molecule has 122 valence electrons. The normalized spacial score (nSPS) is 10.3. The zero-order chi connectivity index (χ0) is 16.3. The van der Waals surface area contributed by atoms with E-state index in [1.54, 1.807) is 0 Å². The smallest absolute Gasteiger partial charge is 0.251 e. The zero-order valence-corrected chi connectivity index (χ0v) is 13.8. The molecule has 0 atom stereocenters. The molecule has 2 rings (SSSR count). The summed E-state index contributed by atoms with van der Waals surface area (Å²) in [4.78, 5) is 12.1. The molecule has 0 saturated heterocycles. The van der Waals surface area contributed by atoms with Crippen molar-refractivity contribution >= 4 is 5.91 Å². The lowest BCUT2D eigenvalue weighted by molar-refractivity contribution is 0.0954. The number of hydrogen-bond donors (Lipinski definition) is 1. The SMILES string of the molecule is CCCCCOc1ccc(C(=O)NCCc2ccccc2)cc1. The van der Waals surface area contributed by atoms with Crippen LogP contribution in [0.4, 0.5) is 0 Å². The Balaban J connectivity index is 1.74. The van der Waals surface area contributed by atoms with Crippen LogP contribution in [0.15, 0.2) is 54.6 Å². The molecule has 0 radical (unpaired) electrons. The Kier molecular flexibility index (Phi) is 7.18. The highest BCUT2D eigenvalue weighted by atomic mass is 16.5. The predicted octanol–water partition coefficient (Wildman–Crippen LogP) is 4.23. The van der Waals surface area contributed by atoms with Crippen LogP contribution in [0.1, 0.15) is 42.1 Å². The van der Waals surface area contributed by atoms with Crippen LogP contribution in [-0.4, -0.2) is 19.1 Å². The second-order valence-corrected chi connectivity index (χ2v) is 5.57. The minimum absolute atomic E-state index is 0.0431. The average Bonchev–Trinajstić information content (AvgIpc) is 2.60. The van der Waals surface area contributed by atoms with Gasteiger partial charge in [0, 0.05) is 12.1 Å². The third-order valence-electron chi connectivity index (χ3n) is 3.68. The Morgan fingerprint density at radius 1 is 1.00 bits per heavy atom. The van der Waals surface area contributed by atoms with E-state index < -0.39 is 0 Å². The van der Waals surface area contributed by atoms with Crippen molar-refractivity contribution in [1.29, 1.82) is 0 Å². The number of rotatable bonds is 9. The molecule has 3 heteroatoms. The van der Waals surface area contributed by atoms with Gasteiger partial charge < -0.3 is 10.1 Å². The Morgan fingerprint density at radius 3 is 2.43 bits per heavy atom. The van der Waals surface area contributed by atoms with Crippen LogP contribution in [0.5, 0.6) is 5.75 Å². The number of carbonyl (C=O) groups is 1. The Labute approximate surface area is 138 Å². The van der Waals surface area contributed by atoms with Crippen LogP contribution < -0.4 is 10.1 Å². The number of benzene rings is 2. The molecule has 3 nitrogen and oxygen atoms in total. The third kappa shape index (κ3) is 6.15. The van der Waals surface area contributed by atoms with E-state index in [0.29, 0.717) is 12.1 Å². The monoisotopic (exact) mass is 311 g/mol. The molecule has 0 aromatic heterocycles. The molecule has 23 heavy (non-hydrogen) atoms. The van der Waals surface area contributed by atoms with Crippen LogP contribution in [-0.2, 0) is 6.42 Å². The van der Waals surface area contributed by atoms with Gasteiger partial charge in [-0.25, -0.2) is 0 Å². The molecule has 2 aromatic carbocycles. The molecule has 0 fully saturated rings. The third-order valence-corrected chi connectivity index (χ3v) is 3.68. The Bertz CT molecular complexity index is 578. The molecular formula is C20H25NO2. The molecule has 1 amide bonds. The summed E-state index contributed by atoms with van der Waals surface area (Å²) >= 11 is 0. The fraction of sp³-hybridized carbons (Fsp3) is 0.350. The van der Waals surface area contributed by atoms with E-state index in [1.165, 1.54) is 18.4 Å². The molecule has 0 unspecified atom stereocenters. The van der Waals surface area contributed by atoms with Gasteiger partial charge in [0.15, 0.2) is 0 Å². The van der Waals surface area contributed by atoms with Crippen molar-refractivity contribution in [1.82, 2.24) is 5.32 Å². The summed E-state index contributed by atoms with van der Waals surface area (Å²) < 4.78 is 5.65. The first-order chi connectivity index (χ1) is 11.3. The number of nitrogens with one attached hydrogen (secondary N) is 1. The molecule has 2 aromatic rings. The van der Waals surface area contributed by atoms with Crippen molar-refractivity contribution in [3.63, 3.8) is 0 Å². The van der Waals surface area contributed by atoms with Gasteiger partial charge in [0.05, 0.1) is 6.61 Å². The quantitative estimate of drug-likeness (QED) is 0.704. The van der Waals surface area contributed by atoms with Gasteiger partial charge in [-0.1, -0.05) is 50.1 Å². The fourth-order valence-electron chi connectivity index (χ4n) is 2.31. The van der Waals surface area contributed by atoms with Gasteiger partial charge in [-0.2, -0.15) is 0 Å². The predicted molar refractivity (Wildman–Crippen MR) is 93.9 cm³/mol. The van der Waals surface area contributed by atoms with Gasteiger partial charge in [0.1, 0.15) is 5.75 Å². The first kappa shape index (κ1) is 17.1. The second-order valence-electron chi connectivity index (χ2n) is 5.57. The van der Waals surface area contributed by atoms with E-state index in [0.717, 1.165) is 25.2 Å². The summed E-state index contributed by atoms with van der Waals surface area (Å²) in [6.45, 7) is 3.54. The maximum atomic E-state index is 12.1. The van der Waals surface area contributed by atoms with E-state index in [1.807, 2.05) is 42.5 Å². The highest BCUT2D eigenvalue weighted by Gasteiger charge is 2.05. The number of amides is 1. The van der Waals surface area contributed by atoms with Gasteiger partial charge in [0.25, 0.3) is 5.91 Å². The van der Waals surface area contributed by atoms with Crippen molar-refractivity contribution in [2.24, 2.45) is 0 Å². The Morgan fingerprint density at radius 2 is 1.74 bits per heavy atom. The molecule has 0 aliphatic heterocycles. The standard InChI is InChI=1S/C20H25NO2/c1-2-3-7-16-23-19-12-10-18(11-13-19)20(22)21-15-14-17-8-5-4-6-9-17/h4-6,8-13H,2-3,7,14-16H2,1H3,(H,21,22). The van der Waals surface area contributed by atoms with Gasteiger partial charge in [-0.3, -0.25) is 4.79 Å². The molecule has 0 saturated carbocycles. The largest absolute Gasteiger partial charge is 0.494 e. The molecule has 0 heterocycles. The van der Waals surface area contributed by atoms with E-state index in [9.17, 15) is 4.79 Å². The zero-order valence-electron chi connectivity index (χ0n) is 13.8. The van der Waals surface area contributed by atoms with Crippen molar-refractivity contribution in [3.05, 3.63) is 65.7 Å².